The molecule has 0 bridgehead atoms. The minimum Gasteiger partial charge on any atom is -0.405 e. The third-order valence-electron chi connectivity index (χ3n) is 2.97. The molecule has 21 heavy (non-hydrogen) atoms. The third kappa shape index (κ3) is 3.89. The van der Waals surface area contributed by atoms with Gasteiger partial charge in [0.1, 0.15) is 11.9 Å². The molecule has 0 aliphatic rings. The van der Waals surface area contributed by atoms with E-state index in [4.69, 9.17) is 11.6 Å². The Balaban J connectivity index is 2.41. The van der Waals surface area contributed by atoms with Crippen LogP contribution in [0.4, 0.5) is 13.2 Å². The van der Waals surface area contributed by atoms with Crippen LogP contribution in [-0.4, -0.2) is 11.5 Å². The number of para-hydroxylation sites is 1. The summed E-state index contributed by atoms with van der Waals surface area (Å²) in [6.45, 7) is 1.72. The second kappa shape index (κ2) is 5.95. The Hall–Kier alpha value is -1.72. The van der Waals surface area contributed by atoms with Crippen molar-refractivity contribution in [1.82, 2.24) is 0 Å². The number of hydrogen-bond donors (Lipinski definition) is 1. The Bertz CT molecular complexity index is 641. The number of benzene rings is 2. The van der Waals surface area contributed by atoms with Gasteiger partial charge >= 0.3 is 6.36 Å². The van der Waals surface area contributed by atoms with Crippen molar-refractivity contribution >= 4 is 11.6 Å². The summed E-state index contributed by atoms with van der Waals surface area (Å²) in [7, 11) is 0. The van der Waals surface area contributed by atoms with Crippen LogP contribution in [0.2, 0.25) is 5.02 Å². The van der Waals surface area contributed by atoms with Crippen LogP contribution < -0.4 is 4.74 Å². The molecule has 0 fully saturated rings. The molecule has 0 radical (unpaired) electrons. The lowest BCUT2D eigenvalue weighted by Crippen LogP contribution is -2.19. The van der Waals surface area contributed by atoms with Gasteiger partial charge in [-0.3, -0.25) is 0 Å². The smallest absolute Gasteiger partial charge is 0.405 e. The van der Waals surface area contributed by atoms with E-state index in [1.54, 1.807) is 25.1 Å². The molecule has 1 unspecified atom stereocenters. The minimum absolute atomic E-state index is 0.0419. The van der Waals surface area contributed by atoms with Crippen LogP contribution in [0.5, 0.6) is 5.75 Å². The fraction of sp³-hybridized carbons (Fsp3) is 0.200. The van der Waals surface area contributed by atoms with Crippen molar-refractivity contribution in [2.24, 2.45) is 0 Å². The summed E-state index contributed by atoms with van der Waals surface area (Å²) < 4.78 is 41.1. The van der Waals surface area contributed by atoms with Crippen molar-refractivity contribution in [3.8, 4) is 5.75 Å². The van der Waals surface area contributed by atoms with Gasteiger partial charge in [0.15, 0.2) is 0 Å². The Morgan fingerprint density at radius 3 is 2.38 bits per heavy atom. The molecule has 0 aromatic heterocycles. The maximum atomic E-state index is 12.4. The number of aliphatic hydroxyl groups is 1. The van der Waals surface area contributed by atoms with Crippen LogP contribution in [0.3, 0.4) is 0 Å². The predicted octanol–water partition coefficient (Wildman–Crippen LogP) is 4.63. The fourth-order valence-electron chi connectivity index (χ4n) is 2.04. The number of aryl methyl sites for hydroxylation is 1. The number of aliphatic hydroxyl groups excluding tert-OH is 1. The number of rotatable bonds is 3. The monoisotopic (exact) mass is 316 g/mol. The maximum Gasteiger partial charge on any atom is 0.573 e. The van der Waals surface area contributed by atoms with Crippen LogP contribution >= 0.6 is 11.6 Å². The zero-order chi connectivity index (χ0) is 15.6. The summed E-state index contributed by atoms with van der Waals surface area (Å²) in [6, 6.07) is 10.3. The van der Waals surface area contributed by atoms with Gasteiger partial charge in [-0.15, -0.1) is 13.2 Å². The normalized spacial score (nSPS) is 13.0. The molecular formula is C15H12ClF3O2. The molecule has 112 valence electrons. The summed E-state index contributed by atoms with van der Waals surface area (Å²) >= 11 is 5.83. The molecule has 0 heterocycles. The van der Waals surface area contributed by atoms with E-state index < -0.39 is 18.2 Å². The van der Waals surface area contributed by atoms with E-state index in [1.165, 1.54) is 18.2 Å². The van der Waals surface area contributed by atoms with Crippen LogP contribution in [0.15, 0.2) is 42.5 Å². The third-order valence-corrected chi connectivity index (χ3v) is 3.20. The molecule has 6 heteroatoms. The van der Waals surface area contributed by atoms with Crippen molar-refractivity contribution in [3.05, 3.63) is 64.2 Å². The van der Waals surface area contributed by atoms with Gasteiger partial charge in [-0.1, -0.05) is 35.9 Å². The van der Waals surface area contributed by atoms with Crippen molar-refractivity contribution in [2.45, 2.75) is 19.4 Å². The SMILES string of the molecule is Cc1cc(Cl)ccc1C(O)c1ccccc1OC(F)(F)F. The van der Waals surface area contributed by atoms with Crippen molar-refractivity contribution < 1.29 is 23.0 Å². The highest BCUT2D eigenvalue weighted by Gasteiger charge is 2.33. The van der Waals surface area contributed by atoms with Crippen LogP contribution in [-0.2, 0) is 0 Å². The molecule has 0 saturated carbocycles. The number of alkyl halides is 3. The second-order valence-corrected chi connectivity index (χ2v) is 4.93. The first-order valence-corrected chi connectivity index (χ1v) is 6.44. The Kier molecular flexibility index (Phi) is 4.44. The lowest BCUT2D eigenvalue weighted by molar-refractivity contribution is -0.275. The molecule has 2 rings (SSSR count). The average Bonchev–Trinajstić information content (AvgIpc) is 2.36. The van der Waals surface area contributed by atoms with Gasteiger partial charge in [-0.2, -0.15) is 0 Å². The summed E-state index contributed by atoms with van der Waals surface area (Å²) in [4.78, 5) is 0. The largest absolute Gasteiger partial charge is 0.573 e. The summed E-state index contributed by atoms with van der Waals surface area (Å²) in [5.74, 6) is -0.424. The molecule has 0 aliphatic heterocycles. The van der Waals surface area contributed by atoms with Gasteiger partial charge < -0.3 is 9.84 Å². The van der Waals surface area contributed by atoms with Gasteiger partial charge in [0.25, 0.3) is 0 Å². The van der Waals surface area contributed by atoms with Gasteiger partial charge in [-0.25, -0.2) is 0 Å². The zero-order valence-electron chi connectivity index (χ0n) is 11.0. The number of halogens is 4. The molecule has 2 aromatic carbocycles. The van der Waals surface area contributed by atoms with Gasteiger partial charge in [0, 0.05) is 10.6 Å². The van der Waals surface area contributed by atoms with E-state index in [-0.39, 0.29) is 5.56 Å². The van der Waals surface area contributed by atoms with Crippen molar-refractivity contribution in [2.75, 3.05) is 0 Å². The van der Waals surface area contributed by atoms with Crippen molar-refractivity contribution in [3.63, 3.8) is 0 Å². The van der Waals surface area contributed by atoms with Gasteiger partial charge in [0.2, 0.25) is 0 Å². The maximum absolute atomic E-state index is 12.4. The first kappa shape index (κ1) is 15.7. The summed E-state index contributed by atoms with van der Waals surface area (Å²) in [5.41, 5.74) is 1.19. The van der Waals surface area contributed by atoms with Crippen LogP contribution in [0.1, 0.15) is 22.8 Å². The summed E-state index contributed by atoms with van der Waals surface area (Å²) in [5, 5.41) is 10.8. The van der Waals surface area contributed by atoms with Crippen LogP contribution in [0, 0.1) is 6.92 Å². The summed E-state index contributed by atoms with van der Waals surface area (Å²) in [6.07, 6.45) is -6.05. The molecule has 2 nitrogen and oxygen atoms in total. The zero-order valence-corrected chi connectivity index (χ0v) is 11.7. The van der Waals surface area contributed by atoms with E-state index in [0.29, 0.717) is 16.1 Å². The lowest BCUT2D eigenvalue weighted by atomic mass is 9.97. The number of ether oxygens (including phenoxy) is 1. The molecule has 1 N–H and O–H groups in total. The molecule has 1 atom stereocenters. The van der Waals surface area contributed by atoms with E-state index in [2.05, 4.69) is 4.74 Å². The van der Waals surface area contributed by atoms with E-state index in [0.717, 1.165) is 6.07 Å². The molecule has 0 amide bonds. The molecule has 0 aliphatic carbocycles. The highest BCUT2D eigenvalue weighted by atomic mass is 35.5. The molecule has 0 saturated heterocycles. The standard InChI is InChI=1S/C15H12ClF3O2/c1-9-8-10(16)6-7-11(9)14(20)12-4-2-3-5-13(12)21-15(17,18)19/h2-8,14,20H,1H3. The van der Waals surface area contributed by atoms with Gasteiger partial charge in [0.05, 0.1) is 0 Å². The Morgan fingerprint density at radius 2 is 1.76 bits per heavy atom. The highest BCUT2D eigenvalue weighted by Crippen LogP contribution is 2.34. The average molecular weight is 317 g/mol. The first-order valence-electron chi connectivity index (χ1n) is 6.07. The second-order valence-electron chi connectivity index (χ2n) is 4.49. The molecule has 2 aromatic rings. The van der Waals surface area contributed by atoms with Gasteiger partial charge in [-0.05, 0) is 36.2 Å². The first-order chi connectivity index (χ1) is 9.78. The topological polar surface area (TPSA) is 29.5 Å². The minimum atomic E-state index is -4.81. The van der Waals surface area contributed by atoms with Crippen LogP contribution in [0.25, 0.3) is 0 Å². The lowest BCUT2D eigenvalue weighted by Gasteiger charge is -2.19. The highest BCUT2D eigenvalue weighted by molar-refractivity contribution is 6.30. The van der Waals surface area contributed by atoms with E-state index in [1.807, 2.05) is 0 Å². The van der Waals surface area contributed by atoms with E-state index >= 15 is 0 Å². The Morgan fingerprint density at radius 1 is 1.10 bits per heavy atom. The van der Waals surface area contributed by atoms with Crippen molar-refractivity contribution in [1.29, 1.82) is 0 Å². The Labute approximate surface area is 124 Å². The predicted molar refractivity (Wildman–Crippen MR) is 73.4 cm³/mol. The molecule has 0 spiro atoms. The van der Waals surface area contributed by atoms with E-state index in [9.17, 15) is 18.3 Å². The number of hydrogen-bond acceptors (Lipinski definition) is 2. The molecular weight excluding hydrogens is 305 g/mol. The quantitative estimate of drug-likeness (QED) is 0.894. The fourth-order valence-corrected chi connectivity index (χ4v) is 2.26.